The van der Waals surface area contributed by atoms with E-state index in [0.29, 0.717) is 18.8 Å². The SMILES string of the molecule is Cc1noc(C)c1Cn1c(CCCl)nc2ccc(F)cc21. The number of aryl methyl sites for hydroxylation is 3. The Morgan fingerprint density at radius 3 is 2.81 bits per heavy atom. The van der Waals surface area contributed by atoms with Gasteiger partial charge in [-0.1, -0.05) is 5.16 Å². The van der Waals surface area contributed by atoms with E-state index in [0.717, 1.165) is 33.9 Å². The Bertz CT molecular complexity index is 774. The molecule has 6 heteroatoms. The van der Waals surface area contributed by atoms with E-state index in [1.165, 1.54) is 12.1 Å². The molecule has 1 aromatic carbocycles. The quantitative estimate of drug-likeness (QED) is 0.692. The van der Waals surface area contributed by atoms with Crippen LogP contribution in [-0.4, -0.2) is 20.6 Å². The van der Waals surface area contributed by atoms with Crippen molar-refractivity contribution in [2.75, 3.05) is 5.88 Å². The van der Waals surface area contributed by atoms with Gasteiger partial charge in [-0.05, 0) is 32.0 Å². The smallest absolute Gasteiger partial charge is 0.138 e. The van der Waals surface area contributed by atoms with Crippen molar-refractivity contribution >= 4 is 22.6 Å². The van der Waals surface area contributed by atoms with Crippen LogP contribution in [0.1, 0.15) is 22.8 Å². The van der Waals surface area contributed by atoms with Gasteiger partial charge in [0.1, 0.15) is 17.4 Å². The summed E-state index contributed by atoms with van der Waals surface area (Å²) in [5.41, 5.74) is 3.36. The molecule has 0 radical (unpaired) electrons. The lowest BCUT2D eigenvalue weighted by molar-refractivity contribution is 0.392. The monoisotopic (exact) mass is 307 g/mol. The fraction of sp³-hybridized carbons (Fsp3) is 0.333. The highest BCUT2D eigenvalue weighted by molar-refractivity contribution is 6.17. The minimum absolute atomic E-state index is 0.278. The fourth-order valence-electron chi connectivity index (χ4n) is 2.48. The van der Waals surface area contributed by atoms with Gasteiger partial charge < -0.3 is 9.09 Å². The maximum absolute atomic E-state index is 13.6. The van der Waals surface area contributed by atoms with E-state index < -0.39 is 0 Å². The van der Waals surface area contributed by atoms with Crippen LogP contribution in [0.2, 0.25) is 0 Å². The first kappa shape index (κ1) is 14.1. The second-order valence-corrected chi connectivity index (χ2v) is 5.37. The average Bonchev–Trinajstić information content (AvgIpc) is 2.94. The van der Waals surface area contributed by atoms with E-state index in [2.05, 4.69) is 10.1 Å². The Morgan fingerprint density at radius 1 is 1.33 bits per heavy atom. The molecule has 0 spiro atoms. The van der Waals surface area contributed by atoms with Crippen LogP contribution in [0.3, 0.4) is 0 Å². The van der Waals surface area contributed by atoms with Crippen LogP contribution in [0.4, 0.5) is 4.39 Å². The standard InChI is InChI=1S/C15H15ClFN3O/c1-9-12(10(2)21-19-9)8-20-14-7-11(17)3-4-13(14)18-15(20)5-6-16/h3-4,7H,5-6,8H2,1-2H3. The zero-order valence-corrected chi connectivity index (χ0v) is 12.6. The number of hydrogen-bond acceptors (Lipinski definition) is 3. The number of hydrogen-bond donors (Lipinski definition) is 0. The molecule has 0 unspecified atom stereocenters. The van der Waals surface area contributed by atoms with Crippen molar-refractivity contribution in [1.82, 2.24) is 14.7 Å². The summed E-state index contributed by atoms with van der Waals surface area (Å²) < 4.78 is 20.7. The average molecular weight is 308 g/mol. The van der Waals surface area contributed by atoms with Crippen LogP contribution in [0, 0.1) is 19.7 Å². The second-order valence-electron chi connectivity index (χ2n) is 4.99. The fourth-order valence-corrected chi connectivity index (χ4v) is 2.65. The summed E-state index contributed by atoms with van der Waals surface area (Å²) in [6, 6.07) is 4.60. The van der Waals surface area contributed by atoms with E-state index in [4.69, 9.17) is 16.1 Å². The second kappa shape index (κ2) is 5.48. The van der Waals surface area contributed by atoms with Gasteiger partial charge in [0.25, 0.3) is 0 Å². The van der Waals surface area contributed by atoms with Crippen LogP contribution in [0.5, 0.6) is 0 Å². The Labute approximate surface area is 126 Å². The van der Waals surface area contributed by atoms with Gasteiger partial charge in [0.15, 0.2) is 0 Å². The maximum atomic E-state index is 13.6. The number of aromatic nitrogens is 3. The number of fused-ring (bicyclic) bond motifs is 1. The van der Waals surface area contributed by atoms with Gasteiger partial charge in [-0.25, -0.2) is 9.37 Å². The molecule has 0 aliphatic heterocycles. The summed E-state index contributed by atoms with van der Waals surface area (Å²) in [5.74, 6) is 1.79. The molecule has 110 valence electrons. The first-order valence-electron chi connectivity index (χ1n) is 6.72. The van der Waals surface area contributed by atoms with E-state index in [1.807, 2.05) is 18.4 Å². The first-order valence-corrected chi connectivity index (χ1v) is 7.26. The molecular formula is C15H15ClFN3O. The third-order valence-electron chi connectivity index (χ3n) is 3.60. The number of nitrogens with zero attached hydrogens (tertiary/aromatic N) is 3. The number of benzene rings is 1. The molecule has 0 fully saturated rings. The van der Waals surface area contributed by atoms with Crippen molar-refractivity contribution in [3.8, 4) is 0 Å². The Balaban J connectivity index is 2.14. The highest BCUT2D eigenvalue weighted by Gasteiger charge is 2.16. The molecule has 0 saturated carbocycles. The van der Waals surface area contributed by atoms with Gasteiger partial charge in [0.05, 0.1) is 23.3 Å². The lowest BCUT2D eigenvalue weighted by atomic mass is 10.2. The van der Waals surface area contributed by atoms with E-state index in [1.54, 1.807) is 6.07 Å². The maximum Gasteiger partial charge on any atom is 0.138 e. The van der Waals surface area contributed by atoms with E-state index in [9.17, 15) is 4.39 Å². The lowest BCUT2D eigenvalue weighted by Crippen LogP contribution is -2.07. The molecule has 3 aromatic rings. The summed E-state index contributed by atoms with van der Waals surface area (Å²) in [6.07, 6.45) is 0.626. The Kier molecular flexibility index (Phi) is 3.68. The summed E-state index contributed by atoms with van der Waals surface area (Å²) in [7, 11) is 0. The molecule has 0 atom stereocenters. The van der Waals surface area contributed by atoms with Crippen LogP contribution >= 0.6 is 11.6 Å². The summed E-state index contributed by atoms with van der Waals surface area (Å²) >= 11 is 5.85. The van der Waals surface area contributed by atoms with Gasteiger partial charge in [-0.3, -0.25) is 0 Å². The molecule has 3 rings (SSSR count). The Hall–Kier alpha value is -1.88. The molecule has 0 N–H and O–H groups in total. The van der Waals surface area contributed by atoms with Gasteiger partial charge in [-0.2, -0.15) is 0 Å². The van der Waals surface area contributed by atoms with Crippen molar-refractivity contribution < 1.29 is 8.91 Å². The van der Waals surface area contributed by atoms with Crippen molar-refractivity contribution in [1.29, 1.82) is 0 Å². The lowest BCUT2D eigenvalue weighted by Gasteiger charge is -2.08. The van der Waals surface area contributed by atoms with Gasteiger partial charge in [0.2, 0.25) is 0 Å². The number of alkyl halides is 1. The molecular weight excluding hydrogens is 293 g/mol. The zero-order valence-electron chi connectivity index (χ0n) is 11.9. The third kappa shape index (κ3) is 2.53. The molecule has 0 saturated heterocycles. The van der Waals surface area contributed by atoms with E-state index in [-0.39, 0.29) is 5.82 Å². The van der Waals surface area contributed by atoms with Crippen molar-refractivity contribution in [2.45, 2.75) is 26.8 Å². The number of halogens is 2. The van der Waals surface area contributed by atoms with Crippen molar-refractivity contribution in [2.24, 2.45) is 0 Å². The first-order chi connectivity index (χ1) is 10.1. The molecule has 21 heavy (non-hydrogen) atoms. The minimum atomic E-state index is -0.278. The number of rotatable bonds is 4. The highest BCUT2D eigenvalue weighted by Crippen LogP contribution is 2.22. The zero-order chi connectivity index (χ0) is 15.0. The predicted octanol–water partition coefficient (Wildman–Crippen LogP) is 3.61. The molecule has 2 aromatic heterocycles. The predicted molar refractivity (Wildman–Crippen MR) is 79.2 cm³/mol. The van der Waals surface area contributed by atoms with Crippen molar-refractivity contribution in [3.05, 3.63) is 46.9 Å². The Morgan fingerprint density at radius 2 is 2.14 bits per heavy atom. The normalized spacial score (nSPS) is 11.4. The van der Waals surface area contributed by atoms with Crippen LogP contribution < -0.4 is 0 Å². The molecule has 0 aliphatic carbocycles. The molecule has 0 bridgehead atoms. The molecule has 0 amide bonds. The van der Waals surface area contributed by atoms with Gasteiger partial charge in [0, 0.05) is 17.9 Å². The third-order valence-corrected chi connectivity index (χ3v) is 3.79. The summed E-state index contributed by atoms with van der Waals surface area (Å²) in [6.45, 7) is 4.32. The van der Waals surface area contributed by atoms with Gasteiger partial charge in [-0.15, -0.1) is 11.6 Å². The summed E-state index contributed by atoms with van der Waals surface area (Å²) in [4.78, 5) is 4.54. The van der Waals surface area contributed by atoms with Crippen molar-refractivity contribution in [3.63, 3.8) is 0 Å². The molecule has 4 nitrogen and oxygen atoms in total. The van der Waals surface area contributed by atoms with Crippen LogP contribution in [-0.2, 0) is 13.0 Å². The molecule has 0 aliphatic rings. The van der Waals surface area contributed by atoms with Crippen LogP contribution in [0.25, 0.3) is 11.0 Å². The van der Waals surface area contributed by atoms with Gasteiger partial charge >= 0.3 is 0 Å². The minimum Gasteiger partial charge on any atom is -0.361 e. The largest absolute Gasteiger partial charge is 0.361 e. The van der Waals surface area contributed by atoms with E-state index >= 15 is 0 Å². The number of imidazole rings is 1. The van der Waals surface area contributed by atoms with Crippen LogP contribution in [0.15, 0.2) is 22.7 Å². The molecule has 2 heterocycles. The highest BCUT2D eigenvalue weighted by atomic mass is 35.5. The topological polar surface area (TPSA) is 43.9 Å². The summed E-state index contributed by atoms with van der Waals surface area (Å²) in [5, 5.41) is 3.96.